The zero-order chi connectivity index (χ0) is 8.44. The lowest BCUT2D eigenvalue weighted by Crippen LogP contribution is -2.40. The normalized spacial score (nSPS) is 35.2. The van der Waals surface area contributed by atoms with Crippen molar-refractivity contribution in [2.45, 2.75) is 56.7 Å². The van der Waals surface area contributed by atoms with Gasteiger partial charge in [-0.15, -0.1) is 0 Å². The molecule has 1 radical (unpaired) electrons. The first-order valence-corrected chi connectivity index (χ1v) is 4.98. The van der Waals surface area contributed by atoms with Gasteiger partial charge in [0, 0.05) is 0 Å². The summed E-state index contributed by atoms with van der Waals surface area (Å²) in [5.74, 6) is 0. The van der Waals surface area contributed by atoms with Crippen molar-refractivity contribution in [1.29, 1.82) is 0 Å². The van der Waals surface area contributed by atoms with E-state index in [4.69, 9.17) is 9.78 Å². The molecule has 0 amide bonds. The number of hydrogen-bond donors (Lipinski definition) is 0. The van der Waals surface area contributed by atoms with Gasteiger partial charge in [-0.2, -0.15) is 0 Å². The summed E-state index contributed by atoms with van der Waals surface area (Å²) in [7, 11) is 0. The molecule has 1 saturated heterocycles. The molecule has 1 aliphatic carbocycles. The van der Waals surface area contributed by atoms with Crippen LogP contribution in [0.1, 0.15) is 44.9 Å². The van der Waals surface area contributed by atoms with Crippen LogP contribution in [0.5, 0.6) is 0 Å². The van der Waals surface area contributed by atoms with Crippen molar-refractivity contribution in [3.63, 3.8) is 0 Å². The third-order valence-electron chi connectivity index (χ3n) is 3.05. The Morgan fingerprint density at radius 3 is 2.42 bits per heavy atom. The molecule has 1 saturated carbocycles. The van der Waals surface area contributed by atoms with Gasteiger partial charge >= 0.3 is 0 Å². The highest BCUT2D eigenvalue weighted by molar-refractivity contribution is 4.86. The lowest BCUT2D eigenvalue weighted by molar-refractivity contribution is -0.406. The van der Waals surface area contributed by atoms with Gasteiger partial charge < -0.3 is 0 Å². The largest absolute Gasteiger partial charge is 0.233 e. The van der Waals surface area contributed by atoms with E-state index in [1.165, 1.54) is 32.1 Å². The van der Waals surface area contributed by atoms with Crippen LogP contribution in [0.4, 0.5) is 0 Å². The van der Waals surface area contributed by atoms with Gasteiger partial charge in [0.05, 0.1) is 6.10 Å². The molecule has 1 heterocycles. The molecule has 1 spiro atoms. The van der Waals surface area contributed by atoms with Crippen molar-refractivity contribution in [3.8, 4) is 0 Å². The molecule has 1 atom stereocenters. The molecule has 0 N–H and O–H groups in total. The maximum absolute atomic E-state index is 5.46. The van der Waals surface area contributed by atoms with Crippen LogP contribution in [0.15, 0.2) is 0 Å². The third-order valence-corrected chi connectivity index (χ3v) is 3.05. The van der Waals surface area contributed by atoms with Gasteiger partial charge in [-0.25, -0.2) is 9.78 Å². The summed E-state index contributed by atoms with van der Waals surface area (Å²) in [6.07, 6.45) is 8.56. The fourth-order valence-corrected chi connectivity index (χ4v) is 2.21. The van der Waals surface area contributed by atoms with Gasteiger partial charge in [-0.3, -0.25) is 0 Å². The van der Waals surface area contributed by atoms with Crippen molar-refractivity contribution in [2.75, 3.05) is 0 Å². The summed E-state index contributed by atoms with van der Waals surface area (Å²) in [6.45, 7) is 3.83. The fraction of sp³-hybridized carbons (Fsp3) is 0.900. The molecule has 1 aliphatic heterocycles. The van der Waals surface area contributed by atoms with Gasteiger partial charge in [0.2, 0.25) is 0 Å². The summed E-state index contributed by atoms with van der Waals surface area (Å²) in [4.78, 5) is 10.6. The highest BCUT2D eigenvalue weighted by atomic mass is 17.2. The first-order chi connectivity index (χ1) is 5.81. The van der Waals surface area contributed by atoms with E-state index in [-0.39, 0.29) is 11.7 Å². The zero-order valence-corrected chi connectivity index (χ0v) is 7.55. The number of rotatable bonds is 0. The van der Waals surface area contributed by atoms with Gasteiger partial charge in [0.1, 0.15) is 5.60 Å². The smallest absolute Gasteiger partial charge is 0.104 e. The average molecular weight is 169 g/mol. The van der Waals surface area contributed by atoms with Crippen molar-refractivity contribution in [1.82, 2.24) is 0 Å². The molecule has 0 aromatic carbocycles. The average Bonchev–Trinajstić information content (AvgIpc) is 2.13. The summed E-state index contributed by atoms with van der Waals surface area (Å²) in [5, 5.41) is 0. The van der Waals surface area contributed by atoms with E-state index in [2.05, 4.69) is 6.92 Å². The summed E-state index contributed by atoms with van der Waals surface area (Å²) < 4.78 is 0. The van der Waals surface area contributed by atoms with Gasteiger partial charge in [-0.1, -0.05) is 19.3 Å². The Labute approximate surface area is 74.2 Å². The third kappa shape index (κ3) is 1.64. The molecule has 12 heavy (non-hydrogen) atoms. The van der Waals surface area contributed by atoms with Crippen LogP contribution in [0.2, 0.25) is 0 Å². The van der Waals surface area contributed by atoms with Crippen molar-refractivity contribution in [2.24, 2.45) is 0 Å². The second-order valence-electron chi connectivity index (χ2n) is 4.08. The van der Waals surface area contributed by atoms with Crippen LogP contribution in [-0.2, 0) is 9.78 Å². The van der Waals surface area contributed by atoms with E-state index >= 15 is 0 Å². The maximum Gasteiger partial charge on any atom is 0.104 e. The van der Waals surface area contributed by atoms with E-state index in [1.54, 1.807) is 0 Å². The monoisotopic (exact) mass is 169 g/mol. The summed E-state index contributed by atoms with van der Waals surface area (Å²) in [6, 6.07) is 0. The molecule has 69 valence electrons. The van der Waals surface area contributed by atoms with Crippen LogP contribution in [-0.4, -0.2) is 11.7 Å². The van der Waals surface area contributed by atoms with Crippen LogP contribution < -0.4 is 0 Å². The summed E-state index contributed by atoms with van der Waals surface area (Å²) >= 11 is 0. The Morgan fingerprint density at radius 1 is 1.08 bits per heavy atom. The molecule has 2 nitrogen and oxygen atoms in total. The predicted octanol–water partition coefficient (Wildman–Crippen LogP) is 2.63. The minimum Gasteiger partial charge on any atom is -0.233 e. The van der Waals surface area contributed by atoms with Gasteiger partial charge in [0.15, 0.2) is 0 Å². The Bertz CT molecular complexity index is 140. The van der Waals surface area contributed by atoms with Crippen molar-refractivity contribution < 1.29 is 9.78 Å². The first kappa shape index (κ1) is 8.52. The van der Waals surface area contributed by atoms with E-state index in [1.807, 2.05) is 0 Å². The van der Waals surface area contributed by atoms with Crippen LogP contribution in [0, 0.1) is 6.92 Å². The van der Waals surface area contributed by atoms with Gasteiger partial charge in [0.25, 0.3) is 0 Å². The topological polar surface area (TPSA) is 18.5 Å². The molecule has 0 bridgehead atoms. The SMILES string of the molecule is [CH2]C1CCC2(CCCCC2)OO1. The van der Waals surface area contributed by atoms with Crippen LogP contribution in [0.3, 0.4) is 0 Å². The Morgan fingerprint density at radius 2 is 1.83 bits per heavy atom. The Balaban J connectivity index is 1.92. The van der Waals surface area contributed by atoms with E-state index in [9.17, 15) is 0 Å². The molecule has 0 aromatic rings. The van der Waals surface area contributed by atoms with Crippen molar-refractivity contribution in [3.05, 3.63) is 6.92 Å². The number of hydrogen-bond acceptors (Lipinski definition) is 2. The fourth-order valence-electron chi connectivity index (χ4n) is 2.21. The summed E-state index contributed by atoms with van der Waals surface area (Å²) in [5.41, 5.74) is 0.0758. The van der Waals surface area contributed by atoms with Crippen LogP contribution in [0.25, 0.3) is 0 Å². The quantitative estimate of drug-likeness (QED) is 0.519. The molecule has 2 rings (SSSR count). The standard InChI is InChI=1S/C10H17O2/c1-9-5-8-10(12-11-9)6-3-2-4-7-10/h9H,1-8H2. The predicted molar refractivity (Wildman–Crippen MR) is 46.4 cm³/mol. The zero-order valence-electron chi connectivity index (χ0n) is 7.55. The van der Waals surface area contributed by atoms with Gasteiger partial charge in [-0.05, 0) is 32.6 Å². The van der Waals surface area contributed by atoms with E-state index in [0.717, 1.165) is 12.8 Å². The lowest BCUT2D eigenvalue weighted by atomic mass is 9.81. The molecule has 2 fully saturated rings. The Hall–Kier alpha value is -0.0800. The molecule has 2 aliphatic rings. The minimum absolute atomic E-state index is 0.0533. The highest BCUT2D eigenvalue weighted by Gasteiger charge is 2.37. The molecular formula is C10H17O2. The maximum atomic E-state index is 5.46. The second-order valence-corrected chi connectivity index (χ2v) is 4.08. The molecule has 1 unspecified atom stereocenters. The van der Waals surface area contributed by atoms with E-state index in [0.29, 0.717) is 0 Å². The highest BCUT2D eigenvalue weighted by Crippen LogP contribution is 2.38. The minimum atomic E-state index is 0.0533. The lowest BCUT2D eigenvalue weighted by Gasteiger charge is -2.40. The first-order valence-electron chi connectivity index (χ1n) is 4.98. The van der Waals surface area contributed by atoms with Crippen molar-refractivity contribution >= 4 is 0 Å². The molecular weight excluding hydrogens is 152 g/mol. The van der Waals surface area contributed by atoms with E-state index < -0.39 is 0 Å². The molecule has 2 heteroatoms. The second kappa shape index (κ2) is 3.35. The molecule has 0 aromatic heterocycles. The van der Waals surface area contributed by atoms with Crippen LogP contribution >= 0.6 is 0 Å². The Kier molecular flexibility index (Phi) is 2.37.